The predicted octanol–water partition coefficient (Wildman–Crippen LogP) is 4.22. The molecular formula is C24H36ClN3O4S. The third-order valence-corrected chi connectivity index (χ3v) is 6.46. The normalized spacial score (nSPS) is 19.1. The van der Waals surface area contributed by atoms with Crippen molar-refractivity contribution in [2.75, 3.05) is 18.8 Å². The van der Waals surface area contributed by atoms with Gasteiger partial charge in [0, 0.05) is 18.1 Å². The van der Waals surface area contributed by atoms with Gasteiger partial charge in [0.05, 0.1) is 5.75 Å². The summed E-state index contributed by atoms with van der Waals surface area (Å²) in [5, 5.41) is 6.08. The molecule has 0 aliphatic carbocycles. The largest absolute Gasteiger partial charge is 0.439 e. The Morgan fingerprint density at radius 3 is 2.36 bits per heavy atom. The van der Waals surface area contributed by atoms with Crippen molar-refractivity contribution in [1.82, 2.24) is 15.5 Å². The summed E-state index contributed by atoms with van der Waals surface area (Å²) in [6.45, 7) is 12.4. The van der Waals surface area contributed by atoms with Gasteiger partial charge in [-0.1, -0.05) is 51.4 Å². The molecule has 33 heavy (non-hydrogen) atoms. The molecule has 1 heterocycles. The Bertz CT molecular complexity index is 858. The van der Waals surface area contributed by atoms with Crippen molar-refractivity contribution >= 4 is 42.1 Å². The SMILES string of the molecule is CC(C)C(NC(=O)NC(C)(C)OC(=O)CS)C(=O)N1CCC(c2ccc(Cl)cc2)C(C)(C)C1. The molecule has 0 aromatic heterocycles. The number of carbonyl (C=O) groups excluding carboxylic acids is 3. The first-order chi connectivity index (χ1) is 15.3. The van der Waals surface area contributed by atoms with Gasteiger partial charge in [0.15, 0.2) is 5.72 Å². The topological polar surface area (TPSA) is 87.7 Å². The van der Waals surface area contributed by atoms with Crippen LogP contribution in [0.5, 0.6) is 0 Å². The van der Waals surface area contributed by atoms with Crippen molar-refractivity contribution in [2.45, 2.75) is 65.6 Å². The maximum absolute atomic E-state index is 13.4. The molecule has 2 unspecified atom stereocenters. The monoisotopic (exact) mass is 497 g/mol. The van der Waals surface area contributed by atoms with E-state index in [0.29, 0.717) is 24.0 Å². The first-order valence-corrected chi connectivity index (χ1v) is 12.2. The summed E-state index contributed by atoms with van der Waals surface area (Å²) in [6.07, 6.45) is 0.824. The number of piperidine rings is 1. The molecule has 1 aromatic carbocycles. The van der Waals surface area contributed by atoms with Gasteiger partial charge in [0.1, 0.15) is 6.04 Å². The van der Waals surface area contributed by atoms with Crippen molar-refractivity contribution in [2.24, 2.45) is 11.3 Å². The van der Waals surface area contributed by atoms with E-state index in [1.807, 2.05) is 30.9 Å². The summed E-state index contributed by atoms with van der Waals surface area (Å²) in [6, 6.07) is 6.63. The van der Waals surface area contributed by atoms with Gasteiger partial charge < -0.3 is 20.3 Å². The zero-order chi connectivity index (χ0) is 25.0. The smallest absolute Gasteiger partial charge is 0.318 e. The predicted molar refractivity (Wildman–Crippen MR) is 133 cm³/mol. The van der Waals surface area contributed by atoms with Crippen LogP contribution in [0.1, 0.15) is 59.4 Å². The molecule has 1 aliphatic heterocycles. The molecule has 1 saturated heterocycles. The number of benzene rings is 1. The number of urea groups is 1. The first kappa shape index (κ1) is 27.3. The highest BCUT2D eigenvalue weighted by molar-refractivity contribution is 7.81. The Kier molecular flexibility index (Phi) is 9.10. The highest BCUT2D eigenvalue weighted by atomic mass is 35.5. The maximum atomic E-state index is 13.4. The number of rotatable bonds is 7. The van der Waals surface area contributed by atoms with Crippen molar-refractivity contribution in [1.29, 1.82) is 0 Å². The molecule has 0 saturated carbocycles. The summed E-state index contributed by atoms with van der Waals surface area (Å²) in [7, 11) is 0. The number of nitrogens with one attached hydrogen (secondary N) is 2. The van der Waals surface area contributed by atoms with Crippen LogP contribution in [0.25, 0.3) is 0 Å². The van der Waals surface area contributed by atoms with Crippen LogP contribution in [0, 0.1) is 11.3 Å². The van der Waals surface area contributed by atoms with Crippen LogP contribution in [0.2, 0.25) is 5.02 Å². The number of likely N-dealkylation sites (tertiary alicyclic amines) is 1. The summed E-state index contributed by atoms with van der Waals surface area (Å²) in [5.41, 5.74) is -0.158. The zero-order valence-corrected chi connectivity index (χ0v) is 21.9. The van der Waals surface area contributed by atoms with Gasteiger partial charge in [-0.15, -0.1) is 0 Å². The van der Waals surface area contributed by atoms with E-state index in [4.69, 9.17) is 16.3 Å². The van der Waals surface area contributed by atoms with Crippen LogP contribution < -0.4 is 10.6 Å². The minimum atomic E-state index is -1.23. The number of halogens is 1. The summed E-state index contributed by atoms with van der Waals surface area (Å²) in [5.74, 6) is -0.584. The van der Waals surface area contributed by atoms with Crippen molar-refractivity contribution in [3.63, 3.8) is 0 Å². The summed E-state index contributed by atoms with van der Waals surface area (Å²) >= 11 is 9.92. The zero-order valence-electron chi connectivity index (χ0n) is 20.3. The molecule has 1 fully saturated rings. The van der Waals surface area contributed by atoms with E-state index in [-0.39, 0.29) is 23.0 Å². The average Bonchev–Trinajstić information content (AvgIpc) is 2.70. The van der Waals surface area contributed by atoms with Crippen LogP contribution >= 0.6 is 24.2 Å². The standard InChI is InChI=1S/C24H36ClN3O4S/c1-15(2)20(26-22(31)27-24(5,6)32-19(29)13-33)21(30)28-12-11-18(23(3,4)14-28)16-7-9-17(25)10-8-16/h7-10,15,18,20,33H,11-14H2,1-6H3,(H2,26,27,31). The molecular weight excluding hydrogens is 462 g/mol. The molecule has 2 rings (SSSR count). The minimum absolute atomic E-state index is 0.0956. The van der Waals surface area contributed by atoms with Crippen molar-refractivity contribution in [3.8, 4) is 0 Å². The van der Waals surface area contributed by atoms with E-state index in [9.17, 15) is 14.4 Å². The number of hydrogen-bond donors (Lipinski definition) is 3. The van der Waals surface area contributed by atoms with E-state index >= 15 is 0 Å². The fraction of sp³-hybridized carbons (Fsp3) is 0.625. The van der Waals surface area contributed by atoms with Crippen molar-refractivity contribution in [3.05, 3.63) is 34.9 Å². The molecule has 0 spiro atoms. The third-order valence-electron chi connectivity index (χ3n) is 5.95. The molecule has 3 amide bonds. The number of thiol groups is 1. The number of nitrogens with zero attached hydrogens (tertiary/aromatic N) is 1. The first-order valence-electron chi connectivity index (χ1n) is 11.2. The molecule has 1 aromatic rings. The molecule has 7 nitrogen and oxygen atoms in total. The summed E-state index contributed by atoms with van der Waals surface area (Å²) < 4.78 is 5.17. The molecule has 9 heteroatoms. The van der Waals surface area contributed by atoms with E-state index in [2.05, 4.69) is 49.2 Å². The van der Waals surface area contributed by atoms with Gasteiger partial charge in [-0.25, -0.2) is 4.79 Å². The second-order valence-electron chi connectivity index (χ2n) is 10.1. The molecule has 0 radical (unpaired) electrons. The van der Waals surface area contributed by atoms with Crippen molar-refractivity contribution < 1.29 is 19.1 Å². The Morgan fingerprint density at radius 1 is 1.24 bits per heavy atom. The van der Waals surface area contributed by atoms with Gasteiger partial charge in [-0.3, -0.25) is 9.59 Å². The number of esters is 1. The molecule has 0 bridgehead atoms. The van der Waals surface area contributed by atoms with Crippen LogP contribution in [0.15, 0.2) is 24.3 Å². The highest BCUT2D eigenvalue weighted by Gasteiger charge is 2.40. The number of carbonyl (C=O) groups is 3. The van der Waals surface area contributed by atoms with E-state index in [1.165, 1.54) is 5.56 Å². The number of amides is 3. The molecule has 1 aliphatic rings. The lowest BCUT2D eigenvalue weighted by Gasteiger charge is -2.45. The highest BCUT2D eigenvalue weighted by Crippen LogP contribution is 2.42. The average molecular weight is 498 g/mol. The minimum Gasteiger partial charge on any atom is -0.439 e. The van der Waals surface area contributed by atoms with Crippen LogP contribution in [-0.2, 0) is 14.3 Å². The molecule has 2 atom stereocenters. The molecule has 2 N–H and O–H groups in total. The van der Waals surface area contributed by atoms with Gasteiger partial charge in [0.2, 0.25) is 5.91 Å². The number of hydrogen-bond acceptors (Lipinski definition) is 5. The second-order valence-corrected chi connectivity index (χ2v) is 10.9. The van der Waals surface area contributed by atoms with Crippen LogP contribution in [-0.4, -0.2) is 53.4 Å². The van der Waals surface area contributed by atoms with Gasteiger partial charge in [-0.2, -0.15) is 12.6 Å². The second kappa shape index (κ2) is 11.0. The number of ether oxygens (including phenoxy) is 1. The Labute approximate surface area is 207 Å². The van der Waals surface area contributed by atoms with Gasteiger partial charge >= 0.3 is 12.0 Å². The molecule has 184 valence electrons. The lowest BCUT2D eigenvalue weighted by molar-refractivity contribution is -0.154. The van der Waals surface area contributed by atoms with Gasteiger partial charge in [0.25, 0.3) is 0 Å². The van der Waals surface area contributed by atoms with E-state index < -0.39 is 23.8 Å². The van der Waals surface area contributed by atoms with Crippen LogP contribution in [0.3, 0.4) is 0 Å². The Hall–Kier alpha value is -1.93. The fourth-order valence-corrected chi connectivity index (χ4v) is 4.55. The third kappa shape index (κ3) is 7.54. The fourth-order valence-electron chi connectivity index (χ4n) is 4.36. The van der Waals surface area contributed by atoms with Gasteiger partial charge in [-0.05, 0) is 55.2 Å². The Balaban J connectivity index is 2.06. The quantitative estimate of drug-likeness (QED) is 0.299. The lowest BCUT2D eigenvalue weighted by Crippen LogP contribution is -2.59. The Morgan fingerprint density at radius 2 is 1.85 bits per heavy atom. The van der Waals surface area contributed by atoms with E-state index in [0.717, 1.165) is 6.42 Å². The van der Waals surface area contributed by atoms with E-state index in [1.54, 1.807) is 13.8 Å². The lowest BCUT2D eigenvalue weighted by atomic mass is 9.70. The van der Waals surface area contributed by atoms with Crippen LogP contribution in [0.4, 0.5) is 4.79 Å². The summed E-state index contributed by atoms with van der Waals surface area (Å²) in [4.78, 5) is 39.4. The maximum Gasteiger partial charge on any atom is 0.318 e.